The van der Waals surface area contributed by atoms with Gasteiger partial charge in [-0.25, -0.2) is 4.98 Å². The van der Waals surface area contributed by atoms with Crippen LogP contribution in [-0.2, 0) is 11.8 Å². The molecule has 0 aromatic carbocycles. The lowest BCUT2D eigenvalue weighted by Gasteiger charge is -2.40. The molecule has 1 fully saturated rings. The molecule has 1 N–H and O–H groups in total. The standard InChI is InChI=1S/C16H28N4O2/c1-5-19-8-9-20(15(22)10-14(21)12(2)3)11-13(19)16-17-6-7-18(16)4/h6-7,12-14,21H,5,8-11H2,1-4H3/t13-,14-/m0/s1. The Morgan fingerprint density at radius 3 is 2.73 bits per heavy atom. The highest BCUT2D eigenvalue weighted by Gasteiger charge is 2.32. The minimum absolute atomic E-state index is 0.0381. The molecule has 0 spiro atoms. The maximum absolute atomic E-state index is 12.4. The molecule has 1 aliphatic rings. The van der Waals surface area contributed by atoms with Crippen LogP contribution in [0.3, 0.4) is 0 Å². The topological polar surface area (TPSA) is 61.6 Å². The molecule has 1 saturated heterocycles. The average molecular weight is 308 g/mol. The Morgan fingerprint density at radius 2 is 2.18 bits per heavy atom. The zero-order chi connectivity index (χ0) is 16.3. The summed E-state index contributed by atoms with van der Waals surface area (Å²) in [7, 11) is 1.99. The molecule has 124 valence electrons. The van der Waals surface area contributed by atoms with Crippen molar-refractivity contribution in [3.63, 3.8) is 0 Å². The van der Waals surface area contributed by atoms with Gasteiger partial charge in [0.2, 0.25) is 5.91 Å². The van der Waals surface area contributed by atoms with Crippen LogP contribution in [-0.4, -0.2) is 62.6 Å². The first-order valence-corrected chi connectivity index (χ1v) is 8.11. The van der Waals surface area contributed by atoms with Crippen molar-refractivity contribution in [2.24, 2.45) is 13.0 Å². The van der Waals surface area contributed by atoms with Gasteiger partial charge in [-0.3, -0.25) is 9.69 Å². The number of hydrogen-bond donors (Lipinski definition) is 1. The summed E-state index contributed by atoms with van der Waals surface area (Å²) in [6.45, 7) is 9.15. The van der Waals surface area contributed by atoms with Gasteiger partial charge in [0.15, 0.2) is 0 Å². The van der Waals surface area contributed by atoms with Gasteiger partial charge in [-0.05, 0) is 12.5 Å². The van der Waals surface area contributed by atoms with Gasteiger partial charge in [0, 0.05) is 39.1 Å². The molecular weight excluding hydrogens is 280 g/mol. The van der Waals surface area contributed by atoms with Gasteiger partial charge in [-0.15, -0.1) is 0 Å². The number of amides is 1. The number of aliphatic hydroxyl groups excluding tert-OH is 1. The van der Waals surface area contributed by atoms with Crippen molar-refractivity contribution in [2.75, 3.05) is 26.2 Å². The molecule has 1 aromatic rings. The summed E-state index contributed by atoms with van der Waals surface area (Å²) in [5, 5.41) is 9.95. The van der Waals surface area contributed by atoms with E-state index in [1.807, 2.05) is 36.6 Å². The number of hydrogen-bond acceptors (Lipinski definition) is 4. The van der Waals surface area contributed by atoms with Gasteiger partial charge in [0.25, 0.3) is 0 Å². The Morgan fingerprint density at radius 1 is 1.45 bits per heavy atom. The molecule has 6 heteroatoms. The van der Waals surface area contributed by atoms with Gasteiger partial charge in [-0.1, -0.05) is 20.8 Å². The summed E-state index contributed by atoms with van der Waals surface area (Å²) in [5.41, 5.74) is 0. The Hall–Kier alpha value is -1.40. The van der Waals surface area contributed by atoms with Gasteiger partial charge >= 0.3 is 0 Å². The average Bonchev–Trinajstić information content (AvgIpc) is 2.92. The fraction of sp³-hybridized carbons (Fsp3) is 0.750. The Balaban J connectivity index is 2.07. The molecular formula is C16H28N4O2. The number of likely N-dealkylation sites (N-methyl/N-ethyl adjacent to an activating group) is 1. The number of imidazole rings is 1. The summed E-state index contributed by atoms with van der Waals surface area (Å²) in [5.74, 6) is 1.13. The number of aromatic nitrogens is 2. The van der Waals surface area contributed by atoms with Crippen molar-refractivity contribution in [3.05, 3.63) is 18.2 Å². The number of piperazine rings is 1. The third-order valence-electron chi connectivity index (χ3n) is 4.56. The summed E-state index contributed by atoms with van der Waals surface area (Å²) >= 11 is 0. The van der Waals surface area contributed by atoms with E-state index in [4.69, 9.17) is 0 Å². The predicted molar refractivity (Wildman–Crippen MR) is 85.2 cm³/mol. The number of aliphatic hydroxyl groups is 1. The SMILES string of the molecule is CCN1CCN(C(=O)C[C@H](O)C(C)C)C[C@H]1c1nccn1C. The van der Waals surface area contributed by atoms with E-state index in [1.54, 1.807) is 6.20 Å². The summed E-state index contributed by atoms with van der Waals surface area (Å²) < 4.78 is 2.02. The number of nitrogens with zero attached hydrogens (tertiary/aromatic N) is 4. The molecule has 1 amide bonds. The molecule has 22 heavy (non-hydrogen) atoms. The smallest absolute Gasteiger partial charge is 0.225 e. The van der Waals surface area contributed by atoms with Crippen LogP contribution < -0.4 is 0 Å². The molecule has 6 nitrogen and oxygen atoms in total. The Labute approximate surface area is 132 Å². The van der Waals surface area contributed by atoms with Crippen LogP contribution >= 0.6 is 0 Å². The zero-order valence-electron chi connectivity index (χ0n) is 14.1. The minimum atomic E-state index is -0.566. The fourth-order valence-electron chi connectivity index (χ4n) is 2.91. The monoisotopic (exact) mass is 308 g/mol. The number of carbonyl (C=O) groups is 1. The highest BCUT2D eigenvalue weighted by atomic mass is 16.3. The van der Waals surface area contributed by atoms with Crippen molar-refractivity contribution in [1.82, 2.24) is 19.4 Å². The van der Waals surface area contributed by atoms with Crippen LogP contribution in [0.15, 0.2) is 12.4 Å². The highest BCUT2D eigenvalue weighted by Crippen LogP contribution is 2.24. The van der Waals surface area contributed by atoms with E-state index < -0.39 is 6.10 Å². The maximum Gasteiger partial charge on any atom is 0.225 e. The van der Waals surface area contributed by atoms with Crippen LogP contribution in [0.25, 0.3) is 0 Å². The third kappa shape index (κ3) is 3.67. The van der Waals surface area contributed by atoms with Crippen molar-refractivity contribution >= 4 is 5.91 Å². The largest absolute Gasteiger partial charge is 0.392 e. The highest BCUT2D eigenvalue weighted by molar-refractivity contribution is 5.76. The second-order valence-electron chi connectivity index (χ2n) is 6.40. The van der Waals surface area contributed by atoms with Crippen LogP contribution in [0, 0.1) is 5.92 Å². The molecule has 2 atom stereocenters. The predicted octanol–water partition coefficient (Wildman–Crippen LogP) is 1.03. The van der Waals surface area contributed by atoms with E-state index >= 15 is 0 Å². The van der Waals surface area contributed by atoms with Gasteiger partial charge in [0.1, 0.15) is 5.82 Å². The van der Waals surface area contributed by atoms with E-state index in [0.29, 0.717) is 6.54 Å². The number of rotatable bonds is 5. The molecule has 0 saturated carbocycles. The maximum atomic E-state index is 12.4. The van der Waals surface area contributed by atoms with Crippen molar-refractivity contribution in [3.8, 4) is 0 Å². The summed E-state index contributed by atoms with van der Waals surface area (Å²) in [6.07, 6.45) is 3.37. The normalized spacial score (nSPS) is 21.4. The van der Waals surface area contributed by atoms with Crippen molar-refractivity contribution in [2.45, 2.75) is 39.3 Å². The quantitative estimate of drug-likeness (QED) is 0.882. The Kier molecular flexibility index (Phi) is 5.58. The van der Waals surface area contributed by atoms with E-state index in [2.05, 4.69) is 16.8 Å². The first-order chi connectivity index (χ1) is 10.4. The van der Waals surface area contributed by atoms with Crippen LogP contribution in [0.1, 0.15) is 39.1 Å². The summed E-state index contributed by atoms with van der Waals surface area (Å²) in [6, 6.07) is 0.124. The van der Waals surface area contributed by atoms with Crippen LogP contribution in [0.5, 0.6) is 0 Å². The zero-order valence-corrected chi connectivity index (χ0v) is 14.1. The molecule has 2 heterocycles. The van der Waals surface area contributed by atoms with Gasteiger partial charge in [0.05, 0.1) is 18.6 Å². The number of aryl methyl sites for hydroxylation is 1. The van der Waals surface area contributed by atoms with Gasteiger partial charge in [-0.2, -0.15) is 0 Å². The van der Waals surface area contributed by atoms with E-state index in [9.17, 15) is 9.90 Å². The van der Waals surface area contributed by atoms with E-state index in [-0.39, 0.29) is 24.3 Å². The molecule has 2 rings (SSSR count). The molecule has 1 aliphatic heterocycles. The number of carbonyl (C=O) groups excluding carboxylic acids is 1. The van der Waals surface area contributed by atoms with Crippen molar-refractivity contribution in [1.29, 1.82) is 0 Å². The van der Waals surface area contributed by atoms with Crippen LogP contribution in [0.2, 0.25) is 0 Å². The lowest BCUT2D eigenvalue weighted by molar-refractivity contribution is -0.137. The second-order valence-corrected chi connectivity index (χ2v) is 6.40. The van der Waals surface area contributed by atoms with E-state index in [1.165, 1.54) is 0 Å². The molecule has 0 radical (unpaired) electrons. The third-order valence-corrected chi connectivity index (χ3v) is 4.56. The van der Waals surface area contributed by atoms with Crippen LogP contribution in [0.4, 0.5) is 0 Å². The molecule has 0 bridgehead atoms. The minimum Gasteiger partial charge on any atom is -0.392 e. The van der Waals surface area contributed by atoms with Crippen molar-refractivity contribution < 1.29 is 9.90 Å². The Bertz CT molecular complexity index is 500. The second kappa shape index (κ2) is 7.24. The molecule has 0 aliphatic carbocycles. The first kappa shape index (κ1) is 17.0. The fourth-order valence-corrected chi connectivity index (χ4v) is 2.91. The first-order valence-electron chi connectivity index (χ1n) is 8.11. The molecule has 0 unspecified atom stereocenters. The lowest BCUT2D eigenvalue weighted by atomic mass is 10.0. The van der Waals surface area contributed by atoms with E-state index in [0.717, 1.165) is 25.5 Å². The van der Waals surface area contributed by atoms with Gasteiger partial charge < -0.3 is 14.6 Å². The molecule has 1 aromatic heterocycles. The summed E-state index contributed by atoms with van der Waals surface area (Å²) in [4.78, 5) is 21.1. The lowest BCUT2D eigenvalue weighted by Crippen LogP contribution is -2.51.